The van der Waals surface area contributed by atoms with Gasteiger partial charge in [0.25, 0.3) is 0 Å². The minimum absolute atomic E-state index is 0.159. The van der Waals surface area contributed by atoms with Gasteiger partial charge in [0.1, 0.15) is 12.4 Å². The van der Waals surface area contributed by atoms with E-state index in [0.717, 1.165) is 22.2 Å². The zero-order valence-electron chi connectivity index (χ0n) is 16.4. The van der Waals surface area contributed by atoms with Crippen LogP contribution in [0.25, 0.3) is 6.08 Å². The van der Waals surface area contributed by atoms with Crippen molar-refractivity contribution < 1.29 is 31.8 Å². The van der Waals surface area contributed by atoms with Gasteiger partial charge >= 0.3 is 12.3 Å². The third-order valence-electron chi connectivity index (χ3n) is 4.08. The highest BCUT2D eigenvalue weighted by Crippen LogP contribution is 2.30. The Bertz CT molecular complexity index is 896. The molecule has 0 radical (unpaired) electrons. The molecule has 0 aliphatic rings. The monoisotopic (exact) mass is 508 g/mol. The van der Waals surface area contributed by atoms with E-state index in [9.17, 15) is 22.4 Å². The molecule has 0 N–H and O–H groups in total. The van der Waals surface area contributed by atoms with Crippen LogP contribution in [0, 0.1) is 0 Å². The SMILES string of the molecule is CCCc1sc(C(=O)/C=C/c2ccc(OC)c(COCC(F)(F)C(F)F)c2)cc1Br. The van der Waals surface area contributed by atoms with Crippen molar-refractivity contribution in [1.82, 2.24) is 0 Å². The third-order valence-corrected chi connectivity index (χ3v) is 6.26. The number of benzene rings is 1. The van der Waals surface area contributed by atoms with E-state index in [1.54, 1.807) is 30.3 Å². The van der Waals surface area contributed by atoms with E-state index in [4.69, 9.17) is 9.47 Å². The second kappa shape index (κ2) is 11.1. The van der Waals surface area contributed by atoms with Crippen molar-refractivity contribution in [3.05, 3.63) is 55.7 Å². The zero-order valence-corrected chi connectivity index (χ0v) is 18.8. The van der Waals surface area contributed by atoms with Gasteiger partial charge in [-0.2, -0.15) is 8.78 Å². The molecule has 0 unspecified atom stereocenters. The van der Waals surface area contributed by atoms with Crippen LogP contribution in [0.4, 0.5) is 17.6 Å². The first-order chi connectivity index (χ1) is 14.2. The number of alkyl halides is 4. The van der Waals surface area contributed by atoms with Gasteiger partial charge in [0, 0.05) is 14.9 Å². The fourth-order valence-electron chi connectivity index (χ4n) is 2.55. The number of ketones is 1. The van der Waals surface area contributed by atoms with Gasteiger partial charge in [-0.3, -0.25) is 4.79 Å². The second-order valence-electron chi connectivity index (χ2n) is 6.46. The summed E-state index contributed by atoms with van der Waals surface area (Å²) in [6.45, 7) is 0.326. The Morgan fingerprint density at radius 2 is 2.03 bits per heavy atom. The minimum Gasteiger partial charge on any atom is -0.496 e. The van der Waals surface area contributed by atoms with Gasteiger partial charge in [0.15, 0.2) is 5.78 Å². The number of ether oxygens (including phenoxy) is 2. The first-order valence-corrected chi connectivity index (χ1v) is 10.7. The van der Waals surface area contributed by atoms with Gasteiger partial charge in [-0.1, -0.05) is 25.5 Å². The molecule has 0 spiro atoms. The van der Waals surface area contributed by atoms with E-state index < -0.39 is 19.0 Å². The molecule has 0 bridgehead atoms. The number of halogens is 5. The maximum atomic E-state index is 13.0. The highest BCUT2D eigenvalue weighted by Gasteiger charge is 2.41. The summed E-state index contributed by atoms with van der Waals surface area (Å²) in [4.78, 5) is 14.2. The number of allylic oxidation sites excluding steroid dienone is 1. The highest BCUT2D eigenvalue weighted by molar-refractivity contribution is 9.10. The van der Waals surface area contributed by atoms with E-state index in [1.165, 1.54) is 24.5 Å². The maximum absolute atomic E-state index is 13.0. The first kappa shape index (κ1) is 24.6. The minimum atomic E-state index is -4.22. The molecule has 9 heteroatoms. The van der Waals surface area contributed by atoms with Crippen LogP contribution in [0.15, 0.2) is 34.8 Å². The quantitative estimate of drug-likeness (QED) is 0.190. The summed E-state index contributed by atoms with van der Waals surface area (Å²) in [5.41, 5.74) is 1.02. The summed E-state index contributed by atoms with van der Waals surface area (Å²) < 4.78 is 61.3. The van der Waals surface area contributed by atoms with Gasteiger partial charge in [-0.15, -0.1) is 11.3 Å². The van der Waals surface area contributed by atoms with E-state index in [2.05, 4.69) is 22.9 Å². The Morgan fingerprint density at radius 3 is 2.67 bits per heavy atom. The van der Waals surface area contributed by atoms with Crippen LogP contribution in [0.1, 0.15) is 39.0 Å². The number of hydrogen-bond donors (Lipinski definition) is 0. The number of thiophene rings is 1. The molecular weight excluding hydrogens is 488 g/mol. The van der Waals surface area contributed by atoms with Crippen molar-refractivity contribution in [1.29, 1.82) is 0 Å². The number of methoxy groups -OCH3 is 1. The molecule has 2 aromatic rings. The molecule has 0 aliphatic carbocycles. The Hall–Kier alpha value is -1.71. The number of carbonyl (C=O) groups is 1. The number of hydrogen-bond acceptors (Lipinski definition) is 4. The third kappa shape index (κ3) is 6.65. The van der Waals surface area contributed by atoms with Crippen LogP contribution >= 0.6 is 27.3 Å². The number of rotatable bonds is 11. The van der Waals surface area contributed by atoms with Crippen LogP contribution in [0.2, 0.25) is 0 Å². The summed E-state index contributed by atoms with van der Waals surface area (Å²) in [6.07, 6.45) is 1.07. The van der Waals surface area contributed by atoms with Crippen molar-refractivity contribution in [2.24, 2.45) is 0 Å². The average molecular weight is 509 g/mol. The van der Waals surface area contributed by atoms with Crippen molar-refractivity contribution in [2.45, 2.75) is 38.7 Å². The summed E-state index contributed by atoms with van der Waals surface area (Å²) in [5, 5.41) is 0. The molecule has 1 aromatic carbocycles. The smallest absolute Gasteiger partial charge is 0.330 e. The molecule has 0 aliphatic heterocycles. The summed E-state index contributed by atoms with van der Waals surface area (Å²) in [6, 6.07) is 6.66. The van der Waals surface area contributed by atoms with E-state index in [1.807, 2.05) is 0 Å². The van der Waals surface area contributed by atoms with E-state index in [0.29, 0.717) is 21.8 Å². The fourth-order valence-corrected chi connectivity index (χ4v) is 4.45. The van der Waals surface area contributed by atoms with Gasteiger partial charge in [-0.05, 0) is 52.2 Å². The lowest BCUT2D eigenvalue weighted by atomic mass is 10.1. The molecule has 3 nitrogen and oxygen atoms in total. The van der Waals surface area contributed by atoms with E-state index >= 15 is 0 Å². The second-order valence-corrected chi connectivity index (χ2v) is 8.45. The maximum Gasteiger partial charge on any atom is 0.330 e. The fraction of sp³-hybridized carbons (Fsp3) is 0.381. The van der Waals surface area contributed by atoms with E-state index in [-0.39, 0.29) is 12.4 Å². The summed E-state index contributed by atoms with van der Waals surface area (Å²) in [5.74, 6) is -4.01. The summed E-state index contributed by atoms with van der Waals surface area (Å²) >= 11 is 4.89. The van der Waals surface area contributed by atoms with Crippen LogP contribution < -0.4 is 4.74 Å². The molecule has 0 amide bonds. The molecule has 30 heavy (non-hydrogen) atoms. The average Bonchev–Trinajstić information content (AvgIpc) is 3.07. The topological polar surface area (TPSA) is 35.5 Å². The lowest BCUT2D eigenvalue weighted by molar-refractivity contribution is -0.168. The normalized spacial score (nSPS) is 12.1. The predicted molar refractivity (Wildman–Crippen MR) is 113 cm³/mol. The Morgan fingerprint density at radius 1 is 1.30 bits per heavy atom. The molecule has 164 valence electrons. The van der Waals surface area contributed by atoms with Crippen molar-refractivity contribution >= 4 is 39.1 Å². The van der Waals surface area contributed by atoms with Crippen LogP contribution in [-0.4, -0.2) is 31.8 Å². The van der Waals surface area contributed by atoms with Gasteiger partial charge in [-0.25, -0.2) is 8.78 Å². The molecular formula is C21H21BrF4O3S. The van der Waals surface area contributed by atoms with Crippen molar-refractivity contribution in [3.63, 3.8) is 0 Å². The van der Waals surface area contributed by atoms with Gasteiger partial charge in [0.05, 0.1) is 18.6 Å². The number of carbonyl (C=O) groups excluding carboxylic acids is 1. The first-order valence-electron chi connectivity index (χ1n) is 9.09. The van der Waals surface area contributed by atoms with Gasteiger partial charge < -0.3 is 9.47 Å². The van der Waals surface area contributed by atoms with Gasteiger partial charge in [0.2, 0.25) is 0 Å². The summed E-state index contributed by atoms with van der Waals surface area (Å²) in [7, 11) is 1.40. The van der Waals surface area contributed by atoms with Crippen molar-refractivity contribution in [3.8, 4) is 5.75 Å². The molecule has 2 rings (SSSR count). The molecule has 1 aromatic heterocycles. The number of aryl methyl sites for hydroxylation is 1. The van der Waals surface area contributed by atoms with Crippen LogP contribution in [0.3, 0.4) is 0 Å². The standard InChI is InChI=1S/C21H21BrF4O3S/c1-3-4-18-15(22)10-19(30-18)16(27)7-5-13-6-8-17(28-2)14(9-13)11-29-12-21(25,26)20(23)24/h5-10,20H,3-4,11-12H2,1-2H3/b7-5+. The highest BCUT2D eigenvalue weighted by atomic mass is 79.9. The molecule has 0 saturated carbocycles. The zero-order chi connectivity index (χ0) is 22.3. The Kier molecular flexibility index (Phi) is 9.06. The van der Waals surface area contributed by atoms with Crippen LogP contribution in [-0.2, 0) is 17.8 Å². The Balaban J connectivity index is 2.10. The van der Waals surface area contributed by atoms with Crippen LogP contribution in [0.5, 0.6) is 5.75 Å². The lowest BCUT2D eigenvalue weighted by Crippen LogP contribution is -2.32. The lowest BCUT2D eigenvalue weighted by Gasteiger charge is -2.16. The largest absolute Gasteiger partial charge is 0.496 e. The molecule has 0 fully saturated rings. The molecule has 1 heterocycles. The van der Waals surface area contributed by atoms with Crippen molar-refractivity contribution in [2.75, 3.05) is 13.7 Å². The Labute approximate surface area is 184 Å². The molecule has 0 saturated heterocycles. The molecule has 0 atom stereocenters. The predicted octanol–water partition coefficient (Wildman–Crippen LogP) is 6.78.